The van der Waals surface area contributed by atoms with Gasteiger partial charge in [0.15, 0.2) is 0 Å². The number of aromatic carboxylic acids is 1. The van der Waals surface area contributed by atoms with Crippen LogP contribution >= 0.6 is 11.6 Å². The normalized spacial score (nSPS) is 23.1. The van der Waals surface area contributed by atoms with Gasteiger partial charge in [0.05, 0.1) is 12.1 Å². The molecule has 1 aromatic rings. The molecule has 6 heteroatoms. The van der Waals surface area contributed by atoms with Gasteiger partial charge in [-0.15, -0.1) is 0 Å². The van der Waals surface area contributed by atoms with E-state index in [0.29, 0.717) is 12.4 Å². The molecule has 2 atom stereocenters. The average Bonchev–Trinajstić information content (AvgIpc) is 2.74. The summed E-state index contributed by atoms with van der Waals surface area (Å²) in [5, 5.41) is 9.46. The number of rotatable bonds is 3. The monoisotopic (exact) mass is 270 g/mol. The lowest BCUT2D eigenvalue weighted by atomic mass is 10.1. The van der Waals surface area contributed by atoms with Gasteiger partial charge in [0.2, 0.25) is 0 Å². The van der Waals surface area contributed by atoms with Gasteiger partial charge in [-0.25, -0.2) is 9.78 Å². The minimum atomic E-state index is -1.01. The molecule has 0 spiro atoms. The molecule has 0 aromatic carbocycles. The molecular weight excluding hydrogens is 256 g/mol. The molecule has 1 saturated heterocycles. The number of hydrogen-bond donors (Lipinski definition) is 1. The summed E-state index contributed by atoms with van der Waals surface area (Å²) in [6.45, 7) is 2.65. The maximum absolute atomic E-state index is 11.2. The van der Waals surface area contributed by atoms with Crippen LogP contribution < -0.4 is 4.90 Å². The number of carbonyl (C=O) groups is 1. The number of halogens is 1. The zero-order chi connectivity index (χ0) is 13.3. The Labute approximate surface area is 110 Å². The molecule has 5 nitrogen and oxygen atoms in total. The molecule has 0 bridgehead atoms. The van der Waals surface area contributed by atoms with Gasteiger partial charge < -0.3 is 14.7 Å². The first-order valence-electron chi connectivity index (χ1n) is 5.75. The second-order valence-corrected chi connectivity index (χ2v) is 4.74. The highest BCUT2D eigenvalue weighted by Crippen LogP contribution is 2.27. The molecule has 0 saturated carbocycles. The third-order valence-electron chi connectivity index (χ3n) is 3.24. The molecule has 1 aromatic heterocycles. The summed E-state index contributed by atoms with van der Waals surface area (Å²) in [7, 11) is 1.82. The van der Waals surface area contributed by atoms with Crippen molar-refractivity contribution in [1.82, 2.24) is 4.98 Å². The number of carboxylic acid groups (broad SMARTS) is 1. The number of nitrogens with zero attached hydrogens (tertiary/aromatic N) is 2. The van der Waals surface area contributed by atoms with Gasteiger partial charge in [-0.2, -0.15) is 0 Å². The molecule has 1 fully saturated rings. The summed E-state index contributed by atoms with van der Waals surface area (Å²) in [5.74, 6) is -0.620. The lowest BCUT2D eigenvalue weighted by Crippen LogP contribution is -2.38. The Morgan fingerprint density at radius 1 is 1.61 bits per heavy atom. The van der Waals surface area contributed by atoms with Gasteiger partial charge in [0, 0.05) is 13.7 Å². The van der Waals surface area contributed by atoms with E-state index in [1.54, 1.807) is 0 Å². The molecule has 18 heavy (non-hydrogen) atoms. The fourth-order valence-electron chi connectivity index (χ4n) is 2.25. The van der Waals surface area contributed by atoms with Crippen LogP contribution in [0.1, 0.15) is 23.7 Å². The first-order valence-corrected chi connectivity index (χ1v) is 6.12. The van der Waals surface area contributed by atoms with E-state index in [2.05, 4.69) is 4.98 Å². The molecule has 1 N–H and O–H groups in total. The fourth-order valence-corrected chi connectivity index (χ4v) is 2.39. The predicted molar refractivity (Wildman–Crippen MR) is 68.4 cm³/mol. The van der Waals surface area contributed by atoms with Gasteiger partial charge in [-0.1, -0.05) is 11.6 Å². The number of likely N-dealkylation sites (N-methyl/N-ethyl adjacent to an activating group) is 1. The number of hydrogen-bond acceptors (Lipinski definition) is 4. The van der Waals surface area contributed by atoms with Crippen LogP contribution in [-0.2, 0) is 4.74 Å². The van der Waals surface area contributed by atoms with Crippen molar-refractivity contribution in [2.45, 2.75) is 25.5 Å². The molecule has 2 unspecified atom stereocenters. The summed E-state index contributed by atoms with van der Waals surface area (Å²) >= 11 is 5.85. The molecule has 98 valence electrons. The Bertz CT molecular complexity index is 467. The SMILES string of the molecule is CC1OCCC1N(C)c1nc(Cl)ccc1C(=O)O. The van der Waals surface area contributed by atoms with Crippen molar-refractivity contribution >= 4 is 23.4 Å². The van der Waals surface area contributed by atoms with Gasteiger partial charge >= 0.3 is 5.97 Å². The molecule has 2 rings (SSSR count). The van der Waals surface area contributed by atoms with Crippen LogP contribution in [-0.4, -0.2) is 41.9 Å². The summed E-state index contributed by atoms with van der Waals surface area (Å²) in [5.41, 5.74) is 0.154. The lowest BCUT2D eigenvalue weighted by molar-refractivity contribution is 0.0696. The van der Waals surface area contributed by atoms with E-state index < -0.39 is 5.97 Å². The van der Waals surface area contributed by atoms with Crippen LogP contribution in [0.15, 0.2) is 12.1 Å². The fraction of sp³-hybridized carbons (Fsp3) is 0.500. The minimum absolute atomic E-state index is 0.0532. The Kier molecular flexibility index (Phi) is 3.73. The second kappa shape index (κ2) is 5.12. The van der Waals surface area contributed by atoms with Crippen molar-refractivity contribution in [3.63, 3.8) is 0 Å². The van der Waals surface area contributed by atoms with E-state index >= 15 is 0 Å². The Morgan fingerprint density at radius 2 is 2.33 bits per heavy atom. The van der Waals surface area contributed by atoms with E-state index in [-0.39, 0.29) is 22.9 Å². The Morgan fingerprint density at radius 3 is 2.89 bits per heavy atom. The smallest absolute Gasteiger partial charge is 0.339 e. The van der Waals surface area contributed by atoms with Crippen molar-refractivity contribution in [2.75, 3.05) is 18.6 Å². The minimum Gasteiger partial charge on any atom is -0.478 e. The van der Waals surface area contributed by atoms with Crippen molar-refractivity contribution < 1.29 is 14.6 Å². The van der Waals surface area contributed by atoms with Crippen LogP contribution in [0, 0.1) is 0 Å². The zero-order valence-corrected chi connectivity index (χ0v) is 11.0. The quantitative estimate of drug-likeness (QED) is 0.852. The molecule has 0 amide bonds. The van der Waals surface area contributed by atoms with Crippen LogP contribution in [0.3, 0.4) is 0 Å². The molecular formula is C12H15ClN2O3. The van der Waals surface area contributed by atoms with Crippen molar-refractivity contribution in [3.05, 3.63) is 22.8 Å². The standard InChI is InChI=1S/C12H15ClN2O3/c1-7-9(5-6-18-7)15(2)11-8(12(16)17)3-4-10(13)14-11/h3-4,7,9H,5-6H2,1-2H3,(H,16,17). The second-order valence-electron chi connectivity index (χ2n) is 4.35. The highest BCUT2D eigenvalue weighted by molar-refractivity contribution is 6.29. The van der Waals surface area contributed by atoms with E-state index in [1.165, 1.54) is 12.1 Å². The first-order chi connectivity index (χ1) is 8.50. The molecule has 1 aliphatic rings. The van der Waals surface area contributed by atoms with Crippen molar-refractivity contribution in [3.8, 4) is 0 Å². The van der Waals surface area contributed by atoms with Gasteiger partial charge in [-0.3, -0.25) is 0 Å². The van der Waals surface area contributed by atoms with E-state index in [9.17, 15) is 9.90 Å². The van der Waals surface area contributed by atoms with Crippen LogP contribution in [0.5, 0.6) is 0 Å². The molecule has 0 aliphatic carbocycles. The first kappa shape index (κ1) is 13.1. The number of ether oxygens (including phenoxy) is 1. The molecule has 0 radical (unpaired) electrons. The number of anilines is 1. The predicted octanol–water partition coefficient (Wildman–Crippen LogP) is 2.05. The third-order valence-corrected chi connectivity index (χ3v) is 3.45. The highest BCUT2D eigenvalue weighted by Gasteiger charge is 2.30. The summed E-state index contributed by atoms with van der Waals surface area (Å²) in [6, 6.07) is 3.08. The number of carboxylic acids is 1. The van der Waals surface area contributed by atoms with Crippen molar-refractivity contribution in [2.24, 2.45) is 0 Å². The number of pyridine rings is 1. The van der Waals surface area contributed by atoms with Crippen LogP contribution in [0.25, 0.3) is 0 Å². The van der Waals surface area contributed by atoms with E-state index in [0.717, 1.165) is 6.42 Å². The number of aromatic nitrogens is 1. The maximum Gasteiger partial charge on any atom is 0.339 e. The zero-order valence-electron chi connectivity index (χ0n) is 10.3. The van der Waals surface area contributed by atoms with Gasteiger partial charge in [-0.05, 0) is 25.5 Å². The summed E-state index contributed by atoms with van der Waals surface area (Å²) in [4.78, 5) is 17.2. The lowest BCUT2D eigenvalue weighted by Gasteiger charge is -2.28. The molecule has 1 aliphatic heterocycles. The average molecular weight is 271 g/mol. The van der Waals surface area contributed by atoms with E-state index in [4.69, 9.17) is 16.3 Å². The largest absolute Gasteiger partial charge is 0.478 e. The van der Waals surface area contributed by atoms with E-state index in [1.807, 2.05) is 18.9 Å². The highest BCUT2D eigenvalue weighted by atomic mass is 35.5. The third kappa shape index (κ3) is 2.42. The van der Waals surface area contributed by atoms with Gasteiger partial charge in [0.1, 0.15) is 16.5 Å². The van der Waals surface area contributed by atoms with Crippen molar-refractivity contribution in [1.29, 1.82) is 0 Å². The summed E-state index contributed by atoms with van der Waals surface area (Å²) in [6.07, 6.45) is 0.905. The van der Waals surface area contributed by atoms with Crippen LogP contribution in [0.4, 0.5) is 5.82 Å². The molecule has 2 heterocycles. The topological polar surface area (TPSA) is 62.7 Å². The maximum atomic E-state index is 11.2. The summed E-state index contributed by atoms with van der Waals surface area (Å²) < 4.78 is 5.49. The Hall–Kier alpha value is -1.33. The van der Waals surface area contributed by atoms with Crippen LogP contribution in [0.2, 0.25) is 5.15 Å². The van der Waals surface area contributed by atoms with Gasteiger partial charge in [0.25, 0.3) is 0 Å². The Balaban J connectivity index is 2.36.